The van der Waals surface area contributed by atoms with Gasteiger partial charge in [0, 0.05) is 5.56 Å². The molecule has 2 N–H and O–H groups in total. The molecule has 2 rings (SSSR count). The SMILES string of the molecule is O=C(COc1c(F)cccc1CO)Nc1ccccc1Cl. The molecule has 0 heterocycles. The fourth-order valence-electron chi connectivity index (χ4n) is 1.73. The van der Waals surface area contributed by atoms with Crippen molar-refractivity contribution in [2.75, 3.05) is 11.9 Å². The van der Waals surface area contributed by atoms with Crippen molar-refractivity contribution in [1.29, 1.82) is 0 Å². The van der Waals surface area contributed by atoms with E-state index in [1.54, 1.807) is 24.3 Å². The van der Waals surface area contributed by atoms with Crippen LogP contribution in [0.2, 0.25) is 5.02 Å². The highest BCUT2D eigenvalue weighted by Crippen LogP contribution is 2.23. The topological polar surface area (TPSA) is 58.6 Å². The summed E-state index contributed by atoms with van der Waals surface area (Å²) in [6.07, 6.45) is 0. The zero-order valence-electron chi connectivity index (χ0n) is 11.0. The summed E-state index contributed by atoms with van der Waals surface area (Å²) in [5.74, 6) is -1.24. The Morgan fingerprint density at radius 2 is 2.00 bits per heavy atom. The van der Waals surface area contributed by atoms with Gasteiger partial charge in [-0.05, 0) is 18.2 Å². The number of aliphatic hydroxyl groups is 1. The Balaban J connectivity index is 2.01. The van der Waals surface area contributed by atoms with Gasteiger partial charge in [0.1, 0.15) is 0 Å². The maximum absolute atomic E-state index is 13.6. The molecule has 0 radical (unpaired) electrons. The highest BCUT2D eigenvalue weighted by Gasteiger charge is 2.12. The van der Waals surface area contributed by atoms with E-state index >= 15 is 0 Å². The van der Waals surface area contributed by atoms with Crippen LogP contribution in [0.25, 0.3) is 0 Å². The summed E-state index contributed by atoms with van der Waals surface area (Å²) in [4.78, 5) is 11.8. The summed E-state index contributed by atoms with van der Waals surface area (Å²) in [6.45, 7) is -0.765. The van der Waals surface area contributed by atoms with Crippen molar-refractivity contribution >= 4 is 23.2 Å². The maximum atomic E-state index is 13.6. The van der Waals surface area contributed by atoms with Gasteiger partial charge in [-0.3, -0.25) is 4.79 Å². The lowest BCUT2D eigenvalue weighted by Crippen LogP contribution is -2.21. The molecule has 1 amide bonds. The quantitative estimate of drug-likeness (QED) is 0.892. The molecule has 0 aliphatic carbocycles. The molecule has 0 saturated carbocycles. The fraction of sp³-hybridized carbons (Fsp3) is 0.133. The number of nitrogens with one attached hydrogen (secondary N) is 1. The van der Waals surface area contributed by atoms with E-state index < -0.39 is 11.7 Å². The van der Waals surface area contributed by atoms with Gasteiger partial charge in [0.15, 0.2) is 18.2 Å². The van der Waals surface area contributed by atoms with Gasteiger partial charge >= 0.3 is 0 Å². The first kappa shape index (κ1) is 15.3. The van der Waals surface area contributed by atoms with Gasteiger partial charge < -0.3 is 15.2 Å². The summed E-state index contributed by atoms with van der Waals surface area (Å²) in [7, 11) is 0. The molecule has 0 aromatic heterocycles. The molecule has 21 heavy (non-hydrogen) atoms. The molecule has 0 fully saturated rings. The first-order valence-corrected chi connectivity index (χ1v) is 6.55. The normalized spacial score (nSPS) is 10.2. The van der Waals surface area contributed by atoms with Crippen molar-refractivity contribution in [1.82, 2.24) is 0 Å². The van der Waals surface area contributed by atoms with Crippen LogP contribution in [0.5, 0.6) is 5.75 Å². The Bertz CT molecular complexity index is 649. The van der Waals surface area contributed by atoms with Gasteiger partial charge in [0.05, 0.1) is 17.3 Å². The molecular weight excluding hydrogens is 297 g/mol. The summed E-state index contributed by atoms with van der Waals surface area (Å²) >= 11 is 5.91. The standard InChI is InChI=1S/C15H13ClFNO3/c16-11-5-1-2-7-13(11)18-14(20)9-21-15-10(8-19)4-3-6-12(15)17/h1-7,19H,8-9H2,(H,18,20). The number of carbonyl (C=O) groups is 1. The second-order valence-corrected chi connectivity index (χ2v) is 4.61. The van der Waals surface area contributed by atoms with E-state index in [4.69, 9.17) is 21.4 Å². The molecule has 4 nitrogen and oxygen atoms in total. The van der Waals surface area contributed by atoms with Gasteiger partial charge in [-0.25, -0.2) is 4.39 Å². The van der Waals surface area contributed by atoms with E-state index in [1.807, 2.05) is 0 Å². The Morgan fingerprint density at radius 1 is 1.24 bits per heavy atom. The number of para-hydroxylation sites is 2. The Labute approximate surface area is 126 Å². The van der Waals surface area contributed by atoms with Crippen LogP contribution >= 0.6 is 11.6 Å². The highest BCUT2D eigenvalue weighted by molar-refractivity contribution is 6.33. The summed E-state index contributed by atoms with van der Waals surface area (Å²) in [5.41, 5.74) is 0.726. The molecule has 0 aliphatic heterocycles. The molecule has 0 spiro atoms. The zero-order valence-corrected chi connectivity index (χ0v) is 11.7. The van der Waals surface area contributed by atoms with Crippen LogP contribution < -0.4 is 10.1 Å². The molecule has 6 heteroatoms. The van der Waals surface area contributed by atoms with Crippen molar-refractivity contribution in [3.8, 4) is 5.75 Å². The number of anilines is 1. The average molecular weight is 310 g/mol. The number of hydrogen-bond acceptors (Lipinski definition) is 3. The monoisotopic (exact) mass is 309 g/mol. The molecule has 0 bridgehead atoms. The van der Waals surface area contributed by atoms with Gasteiger partial charge in [-0.1, -0.05) is 35.9 Å². The van der Waals surface area contributed by atoms with E-state index in [0.717, 1.165) is 0 Å². The molecule has 0 atom stereocenters. The van der Waals surface area contributed by atoms with Gasteiger partial charge in [-0.15, -0.1) is 0 Å². The molecule has 2 aromatic carbocycles. The van der Waals surface area contributed by atoms with E-state index in [9.17, 15) is 9.18 Å². The lowest BCUT2D eigenvalue weighted by Gasteiger charge is -2.11. The smallest absolute Gasteiger partial charge is 0.262 e. The summed E-state index contributed by atoms with van der Waals surface area (Å²) < 4.78 is 18.7. The largest absolute Gasteiger partial charge is 0.480 e. The third kappa shape index (κ3) is 3.93. The number of benzene rings is 2. The van der Waals surface area contributed by atoms with Crippen LogP contribution in [0.15, 0.2) is 42.5 Å². The third-order valence-corrected chi connectivity index (χ3v) is 3.04. The minimum absolute atomic E-state index is 0.130. The minimum atomic E-state index is -0.632. The number of rotatable bonds is 5. The molecule has 0 aliphatic rings. The number of ether oxygens (including phenoxy) is 1. The van der Waals surface area contributed by atoms with Crippen LogP contribution in [-0.4, -0.2) is 17.6 Å². The molecule has 0 saturated heterocycles. The van der Waals surface area contributed by atoms with E-state index in [2.05, 4.69) is 5.32 Å². The first-order valence-electron chi connectivity index (χ1n) is 6.17. The van der Waals surface area contributed by atoms with Crippen molar-refractivity contribution in [3.63, 3.8) is 0 Å². The van der Waals surface area contributed by atoms with Crippen LogP contribution in [0.1, 0.15) is 5.56 Å². The van der Waals surface area contributed by atoms with Crippen molar-refractivity contribution < 1.29 is 19.0 Å². The zero-order chi connectivity index (χ0) is 15.2. The third-order valence-electron chi connectivity index (χ3n) is 2.71. The number of amides is 1. The number of carbonyl (C=O) groups excluding carboxylic acids is 1. The summed E-state index contributed by atoms with van der Waals surface area (Å²) in [5, 5.41) is 12.1. The Kier molecular flexibility index (Phi) is 5.14. The van der Waals surface area contributed by atoms with Crippen molar-refractivity contribution in [3.05, 3.63) is 58.9 Å². The second kappa shape index (κ2) is 7.06. The van der Waals surface area contributed by atoms with Gasteiger partial charge in [-0.2, -0.15) is 0 Å². The van der Waals surface area contributed by atoms with E-state index in [-0.39, 0.29) is 24.5 Å². The predicted molar refractivity (Wildman–Crippen MR) is 77.9 cm³/mol. The average Bonchev–Trinajstić information content (AvgIpc) is 2.48. The fourth-order valence-corrected chi connectivity index (χ4v) is 1.91. The van der Waals surface area contributed by atoms with Crippen LogP contribution in [-0.2, 0) is 11.4 Å². The first-order chi connectivity index (χ1) is 10.1. The van der Waals surface area contributed by atoms with E-state index in [1.165, 1.54) is 18.2 Å². The van der Waals surface area contributed by atoms with Crippen molar-refractivity contribution in [2.24, 2.45) is 0 Å². The van der Waals surface area contributed by atoms with Gasteiger partial charge in [0.25, 0.3) is 5.91 Å². The molecule has 2 aromatic rings. The number of halogens is 2. The molecule has 110 valence electrons. The molecule has 0 unspecified atom stereocenters. The predicted octanol–water partition coefficient (Wildman–Crippen LogP) is 2.99. The van der Waals surface area contributed by atoms with Crippen LogP contribution in [0.4, 0.5) is 10.1 Å². The number of hydrogen-bond donors (Lipinski definition) is 2. The van der Waals surface area contributed by atoms with Crippen molar-refractivity contribution in [2.45, 2.75) is 6.61 Å². The molecular formula is C15H13ClFNO3. The van der Waals surface area contributed by atoms with Gasteiger partial charge in [0.2, 0.25) is 0 Å². The van der Waals surface area contributed by atoms with Crippen LogP contribution in [0.3, 0.4) is 0 Å². The minimum Gasteiger partial charge on any atom is -0.480 e. The maximum Gasteiger partial charge on any atom is 0.262 e. The summed E-state index contributed by atoms with van der Waals surface area (Å²) in [6, 6.07) is 10.9. The van der Waals surface area contributed by atoms with Crippen LogP contribution in [0, 0.1) is 5.82 Å². The lowest BCUT2D eigenvalue weighted by atomic mass is 10.2. The lowest BCUT2D eigenvalue weighted by molar-refractivity contribution is -0.118. The van der Waals surface area contributed by atoms with E-state index in [0.29, 0.717) is 10.7 Å². The number of aliphatic hydroxyl groups excluding tert-OH is 1. The second-order valence-electron chi connectivity index (χ2n) is 4.20. The Morgan fingerprint density at radius 3 is 2.71 bits per heavy atom. The Hall–Kier alpha value is -2.11. The highest BCUT2D eigenvalue weighted by atomic mass is 35.5.